The summed E-state index contributed by atoms with van der Waals surface area (Å²) in [5, 5.41) is 9.85. The van der Waals surface area contributed by atoms with Gasteiger partial charge in [0, 0.05) is 17.8 Å². The second kappa shape index (κ2) is 8.98. The molecule has 7 nitrogen and oxygen atoms in total. The van der Waals surface area contributed by atoms with Gasteiger partial charge in [-0.25, -0.2) is 0 Å². The van der Waals surface area contributed by atoms with Crippen molar-refractivity contribution < 1.29 is 24.2 Å². The van der Waals surface area contributed by atoms with E-state index in [2.05, 4.69) is 20.1 Å². The third kappa shape index (κ3) is 3.52. The Hall–Kier alpha value is -1.80. The van der Waals surface area contributed by atoms with Crippen LogP contribution < -0.4 is 0 Å². The van der Waals surface area contributed by atoms with E-state index in [-0.39, 0.29) is 42.2 Å². The van der Waals surface area contributed by atoms with Gasteiger partial charge in [-0.15, -0.1) is 18.3 Å². The summed E-state index contributed by atoms with van der Waals surface area (Å²) in [4.78, 5) is 43.9. The Balaban J connectivity index is 2.10. The molecule has 3 rings (SSSR count). The quantitative estimate of drug-likeness (QED) is 0.426. The van der Waals surface area contributed by atoms with Crippen molar-refractivity contribution in [3.8, 4) is 0 Å². The van der Waals surface area contributed by atoms with Crippen molar-refractivity contribution in [3.63, 3.8) is 0 Å². The fraction of sp³-hybridized carbons (Fsp3) is 0.696. The molecule has 172 valence electrons. The molecule has 1 spiro atoms. The Morgan fingerprint density at radius 3 is 2.58 bits per heavy atom. The van der Waals surface area contributed by atoms with Crippen LogP contribution >= 0.6 is 11.8 Å². The van der Waals surface area contributed by atoms with E-state index in [1.165, 1.54) is 6.08 Å². The van der Waals surface area contributed by atoms with E-state index in [9.17, 15) is 19.5 Å². The van der Waals surface area contributed by atoms with Crippen LogP contribution in [0.4, 0.5) is 0 Å². The number of esters is 1. The Labute approximate surface area is 188 Å². The molecule has 0 radical (unpaired) electrons. The average Bonchev–Trinajstić information content (AvgIpc) is 3.32. The van der Waals surface area contributed by atoms with E-state index >= 15 is 0 Å². The molecule has 2 amide bonds. The number of carbonyl (C=O) groups is 3. The highest BCUT2D eigenvalue weighted by Gasteiger charge is 2.77. The standard InChI is InChI=1S/C23H34N2O5S/c1-7-9-24(13(3)4)21(28)19-23-14(5)11-16(31-23)17(22(29)30-10-8-2)18(23)20(27)25(19)15(6)12-26/h7-8,13-19,26H,1-2,9-12H2,3-6H3/t14?,15-,16+,17-,18+,19?,23?/m1/s1. The van der Waals surface area contributed by atoms with Crippen LogP contribution in [0.15, 0.2) is 25.3 Å². The minimum Gasteiger partial charge on any atom is -0.461 e. The topological polar surface area (TPSA) is 87.2 Å². The van der Waals surface area contributed by atoms with Gasteiger partial charge in [-0.1, -0.05) is 25.7 Å². The molecule has 3 unspecified atom stereocenters. The molecule has 2 bridgehead atoms. The van der Waals surface area contributed by atoms with Gasteiger partial charge in [0.25, 0.3) is 0 Å². The van der Waals surface area contributed by atoms with Crippen molar-refractivity contribution in [3.05, 3.63) is 25.3 Å². The van der Waals surface area contributed by atoms with Gasteiger partial charge in [-0.3, -0.25) is 14.4 Å². The second-order valence-corrected chi connectivity index (χ2v) is 10.7. The molecule has 0 aliphatic carbocycles. The molecule has 7 atom stereocenters. The number of aliphatic hydroxyl groups excluding tert-OH is 1. The number of aliphatic hydroxyl groups is 1. The van der Waals surface area contributed by atoms with Gasteiger partial charge in [-0.2, -0.15) is 0 Å². The first-order valence-corrected chi connectivity index (χ1v) is 11.8. The van der Waals surface area contributed by atoms with Gasteiger partial charge < -0.3 is 19.6 Å². The number of fused-ring (bicyclic) bond motifs is 1. The van der Waals surface area contributed by atoms with Crippen LogP contribution in [-0.4, -0.2) is 80.6 Å². The van der Waals surface area contributed by atoms with E-state index in [0.29, 0.717) is 6.54 Å². The lowest BCUT2D eigenvalue weighted by molar-refractivity contribution is -0.154. The summed E-state index contributed by atoms with van der Waals surface area (Å²) >= 11 is 1.60. The number of hydrogen-bond donors (Lipinski definition) is 1. The number of ether oxygens (including phenoxy) is 1. The van der Waals surface area contributed by atoms with Crippen LogP contribution in [0.1, 0.15) is 34.1 Å². The summed E-state index contributed by atoms with van der Waals surface area (Å²) in [7, 11) is 0. The summed E-state index contributed by atoms with van der Waals surface area (Å²) in [6, 6.07) is -1.35. The predicted octanol–water partition coefficient (Wildman–Crippen LogP) is 1.86. The first kappa shape index (κ1) is 23.9. The third-order valence-electron chi connectivity index (χ3n) is 7.00. The molecule has 0 saturated carbocycles. The van der Waals surface area contributed by atoms with E-state index in [0.717, 1.165) is 6.42 Å². The monoisotopic (exact) mass is 450 g/mol. The van der Waals surface area contributed by atoms with Crippen LogP contribution in [0.5, 0.6) is 0 Å². The molecule has 3 saturated heterocycles. The molecule has 3 aliphatic rings. The Bertz CT molecular complexity index is 771. The lowest BCUT2D eigenvalue weighted by atomic mass is 9.66. The first-order valence-electron chi connectivity index (χ1n) is 11.0. The molecule has 1 N–H and O–H groups in total. The van der Waals surface area contributed by atoms with Crippen molar-refractivity contribution in [1.82, 2.24) is 9.80 Å². The van der Waals surface area contributed by atoms with Crippen LogP contribution in [-0.2, 0) is 19.1 Å². The summed E-state index contributed by atoms with van der Waals surface area (Å²) < 4.78 is 4.65. The fourth-order valence-corrected chi connectivity index (χ4v) is 8.05. The van der Waals surface area contributed by atoms with Gasteiger partial charge >= 0.3 is 5.97 Å². The highest BCUT2D eigenvalue weighted by molar-refractivity contribution is 8.02. The van der Waals surface area contributed by atoms with Gasteiger partial charge in [0.05, 0.1) is 29.2 Å². The Morgan fingerprint density at radius 2 is 2.03 bits per heavy atom. The number of nitrogens with zero attached hydrogens (tertiary/aromatic N) is 2. The largest absolute Gasteiger partial charge is 0.461 e. The van der Waals surface area contributed by atoms with Crippen LogP contribution in [0.3, 0.4) is 0 Å². The maximum absolute atomic E-state index is 13.9. The van der Waals surface area contributed by atoms with E-state index in [1.807, 2.05) is 13.8 Å². The number of amides is 2. The maximum Gasteiger partial charge on any atom is 0.311 e. The maximum atomic E-state index is 13.9. The highest BCUT2D eigenvalue weighted by Crippen LogP contribution is 2.69. The smallest absolute Gasteiger partial charge is 0.311 e. The van der Waals surface area contributed by atoms with Crippen molar-refractivity contribution in [2.45, 2.75) is 62.2 Å². The average molecular weight is 451 g/mol. The lowest BCUT2D eigenvalue weighted by Crippen LogP contribution is -2.59. The van der Waals surface area contributed by atoms with E-state index in [1.54, 1.807) is 34.6 Å². The fourth-order valence-electron chi connectivity index (χ4n) is 5.66. The lowest BCUT2D eigenvalue weighted by Gasteiger charge is -2.42. The number of thioether (sulfide) groups is 1. The number of rotatable bonds is 9. The van der Waals surface area contributed by atoms with Gasteiger partial charge in [0.15, 0.2) is 0 Å². The molecular weight excluding hydrogens is 416 g/mol. The number of likely N-dealkylation sites (tertiary alicyclic amines) is 1. The molecule has 3 fully saturated rings. The molecule has 3 aliphatic heterocycles. The Kier molecular flexibility index (Phi) is 6.91. The van der Waals surface area contributed by atoms with Crippen molar-refractivity contribution in [1.29, 1.82) is 0 Å². The van der Waals surface area contributed by atoms with E-state index in [4.69, 9.17) is 4.74 Å². The van der Waals surface area contributed by atoms with Crippen LogP contribution in [0.2, 0.25) is 0 Å². The minimum absolute atomic E-state index is 0.0601. The number of hydrogen-bond acceptors (Lipinski definition) is 6. The van der Waals surface area contributed by atoms with Crippen molar-refractivity contribution in [2.75, 3.05) is 19.8 Å². The molecule has 0 aromatic rings. The first-order chi connectivity index (χ1) is 14.7. The molecular formula is C23H34N2O5S. The summed E-state index contributed by atoms with van der Waals surface area (Å²) in [6.45, 7) is 15.3. The minimum atomic E-state index is -0.739. The molecule has 0 aromatic carbocycles. The van der Waals surface area contributed by atoms with Crippen molar-refractivity contribution in [2.24, 2.45) is 17.8 Å². The zero-order valence-electron chi connectivity index (χ0n) is 18.8. The van der Waals surface area contributed by atoms with Gasteiger partial charge in [0.1, 0.15) is 12.6 Å². The molecule has 8 heteroatoms. The van der Waals surface area contributed by atoms with Gasteiger partial charge in [0.2, 0.25) is 11.8 Å². The predicted molar refractivity (Wildman–Crippen MR) is 120 cm³/mol. The molecule has 0 aromatic heterocycles. The van der Waals surface area contributed by atoms with Crippen LogP contribution in [0, 0.1) is 17.8 Å². The third-order valence-corrected chi connectivity index (χ3v) is 9.08. The highest BCUT2D eigenvalue weighted by atomic mass is 32.2. The summed E-state index contributed by atoms with van der Waals surface area (Å²) in [5.41, 5.74) is 0. The zero-order chi connectivity index (χ0) is 23.1. The number of carbonyl (C=O) groups excluding carboxylic acids is 3. The summed E-state index contributed by atoms with van der Waals surface area (Å²) in [5.74, 6) is -1.94. The van der Waals surface area contributed by atoms with E-state index < -0.39 is 34.6 Å². The zero-order valence-corrected chi connectivity index (χ0v) is 19.6. The second-order valence-electron chi connectivity index (χ2n) is 9.12. The van der Waals surface area contributed by atoms with Gasteiger partial charge in [-0.05, 0) is 33.1 Å². The van der Waals surface area contributed by atoms with Crippen LogP contribution in [0.25, 0.3) is 0 Å². The molecule has 31 heavy (non-hydrogen) atoms. The Morgan fingerprint density at radius 1 is 1.35 bits per heavy atom. The SMILES string of the molecule is C=CCOC(=O)[C@@H]1[C@@H]2CC(C)C3(S2)C(C(=O)N(CC=C)C(C)C)N([C@H](C)CO)C(=O)[C@H]13. The van der Waals surface area contributed by atoms with Crippen molar-refractivity contribution >= 4 is 29.5 Å². The summed E-state index contributed by atoms with van der Waals surface area (Å²) in [6.07, 6.45) is 3.94. The normalized spacial score (nSPS) is 34.6. The molecule has 3 heterocycles.